The van der Waals surface area contributed by atoms with Crippen molar-refractivity contribution < 1.29 is 0 Å². The average Bonchev–Trinajstić information content (AvgIpc) is 3.24. The molecular formula is C18H26ClIN6. The summed E-state index contributed by atoms with van der Waals surface area (Å²) in [5.41, 5.74) is 1.52. The second-order valence-corrected chi connectivity index (χ2v) is 6.99. The zero-order chi connectivity index (χ0) is 17.5. The molecule has 1 aliphatic rings. The van der Waals surface area contributed by atoms with E-state index in [1.54, 1.807) is 12.7 Å². The van der Waals surface area contributed by atoms with Crippen LogP contribution in [-0.4, -0.2) is 40.9 Å². The van der Waals surface area contributed by atoms with E-state index in [0.29, 0.717) is 0 Å². The van der Waals surface area contributed by atoms with Gasteiger partial charge in [0.15, 0.2) is 5.96 Å². The van der Waals surface area contributed by atoms with Crippen LogP contribution < -0.4 is 10.6 Å². The van der Waals surface area contributed by atoms with Gasteiger partial charge in [-0.05, 0) is 43.4 Å². The molecule has 0 radical (unpaired) electrons. The molecule has 1 heterocycles. The maximum atomic E-state index is 6.14. The van der Waals surface area contributed by atoms with E-state index in [-0.39, 0.29) is 29.4 Å². The standard InChI is InChI=1S/C18H25ClN6.HI/c1-20-17(21-9-2-3-10-25-13-23-24-14-25)22-12-18(7-8-18)15-5-4-6-16(19)11-15;/h4-6,11,13-14H,2-3,7-10,12H2,1H3,(H2,20,21,22);1H. The molecule has 26 heavy (non-hydrogen) atoms. The fourth-order valence-corrected chi connectivity index (χ4v) is 3.16. The number of guanidine groups is 1. The van der Waals surface area contributed by atoms with Gasteiger partial charge in [-0.3, -0.25) is 4.99 Å². The molecular weight excluding hydrogens is 463 g/mol. The van der Waals surface area contributed by atoms with Crippen molar-refractivity contribution in [2.45, 2.75) is 37.6 Å². The maximum absolute atomic E-state index is 6.14. The van der Waals surface area contributed by atoms with Crippen molar-refractivity contribution in [1.29, 1.82) is 0 Å². The lowest BCUT2D eigenvalue weighted by atomic mass is 9.96. The van der Waals surface area contributed by atoms with E-state index in [4.69, 9.17) is 11.6 Å². The van der Waals surface area contributed by atoms with Crippen LogP contribution in [0.5, 0.6) is 0 Å². The van der Waals surface area contributed by atoms with Gasteiger partial charge in [-0.25, -0.2) is 0 Å². The predicted molar refractivity (Wildman–Crippen MR) is 116 cm³/mol. The molecule has 1 saturated carbocycles. The summed E-state index contributed by atoms with van der Waals surface area (Å²) in [5, 5.41) is 15.3. The van der Waals surface area contributed by atoms with Gasteiger partial charge in [-0.2, -0.15) is 0 Å². The van der Waals surface area contributed by atoms with Crippen LogP contribution in [0.15, 0.2) is 41.9 Å². The van der Waals surface area contributed by atoms with Crippen molar-refractivity contribution in [1.82, 2.24) is 25.4 Å². The third-order valence-corrected chi connectivity index (χ3v) is 4.95. The van der Waals surface area contributed by atoms with Crippen LogP contribution in [0.4, 0.5) is 0 Å². The van der Waals surface area contributed by atoms with Crippen molar-refractivity contribution >= 4 is 41.5 Å². The first kappa shape index (κ1) is 21.0. The molecule has 0 unspecified atom stereocenters. The second-order valence-electron chi connectivity index (χ2n) is 6.55. The number of rotatable bonds is 8. The normalized spacial score (nSPS) is 15.2. The minimum absolute atomic E-state index is 0. The number of hydrogen-bond donors (Lipinski definition) is 2. The number of aromatic nitrogens is 3. The highest BCUT2D eigenvalue weighted by Crippen LogP contribution is 2.48. The van der Waals surface area contributed by atoms with Gasteiger partial charge in [0.05, 0.1) is 0 Å². The molecule has 0 spiro atoms. The molecule has 1 aromatic carbocycles. The molecule has 1 aromatic heterocycles. The van der Waals surface area contributed by atoms with Crippen molar-refractivity contribution in [3.63, 3.8) is 0 Å². The lowest BCUT2D eigenvalue weighted by Gasteiger charge is -2.19. The third kappa shape index (κ3) is 5.84. The third-order valence-electron chi connectivity index (χ3n) is 4.71. The van der Waals surface area contributed by atoms with E-state index >= 15 is 0 Å². The van der Waals surface area contributed by atoms with Crippen LogP contribution in [0.25, 0.3) is 0 Å². The zero-order valence-electron chi connectivity index (χ0n) is 15.0. The number of aliphatic imine (C=N–C) groups is 1. The molecule has 0 saturated heterocycles. The van der Waals surface area contributed by atoms with Gasteiger partial charge in [-0.15, -0.1) is 34.2 Å². The van der Waals surface area contributed by atoms with Crippen molar-refractivity contribution in [2.75, 3.05) is 20.1 Å². The minimum Gasteiger partial charge on any atom is -0.356 e. The highest BCUT2D eigenvalue weighted by atomic mass is 127. The van der Waals surface area contributed by atoms with E-state index in [0.717, 1.165) is 43.5 Å². The first-order chi connectivity index (χ1) is 12.2. The number of halogens is 2. The summed E-state index contributed by atoms with van der Waals surface area (Å²) in [4.78, 5) is 4.32. The number of hydrogen-bond acceptors (Lipinski definition) is 3. The van der Waals surface area contributed by atoms with E-state index in [1.165, 1.54) is 18.4 Å². The van der Waals surface area contributed by atoms with Crippen molar-refractivity contribution in [3.05, 3.63) is 47.5 Å². The molecule has 3 rings (SSSR count). The Kier molecular flexibility index (Phi) is 8.15. The molecule has 1 fully saturated rings. The Balaban J connectivity index is 0.00000243. The van der Waals surface area contributed by atoms with Crippen LogP contribution in [0.3, 0.4) is 0 Å². The molecule has 142 valence electrons. The van der Waals surface area contributed by atoms with Crippen molar-refractivity contribution in [3.8, 4) is 0 Å². The number of aryl methyl sites for hydroxylation is 1. The van der Waals surface area contributed by atoms with Crippen molar-refractivity contribution in [2.24, 2.45) is 4.99 Å². The van der Waals surface area contributed by atoms with E-state index in [9.17, 15) is 0 Å². The fourth-order valence-electron chi connectivity index (χ4n) is 2.97. The Morgan fingerprint density at radius 2 is 2.00 bits per heavy atom. The molecule has 0 bridgehead atoms. The monoisotopic (exact) mass is 488 g/mol. The Morgan fingerprint density at radius 1 is 1.23 bits per heavy atom. The van der Waals surface area contributed by atoms with Gasteiger partial charge in [0.25, 0.3) is 0 Å². The first-order valence-corrected chi connectivity index (χ1v) is 9.13. The highest BCUT2D eigenvalue weighted by Gasteiger charge is 2.44. The second kappa shape index (κ2) is 10.1. The minimum atomic E-state index is 0. The molecule has 2 N–H and O–H groups in total. The van der Waals surface area contributed by atoms with E-state index in [2.05, 4.69) is 38.0 Å². The van der Waals surface area contributed by atoms with Crippen LogP contribution in [0, 0.1) is 0 Å². The summed E-state index contributed by atoms with van der Waals surface area (Å²) in [7, 11) is 1.81. The van der Waals surface area contributed by atoms with Crippen LogP contribution in [0.1, 0.15) is 31.2 Å². The number of unbranched alkanes of at least 4 members (excludes halogenated alkanes) is 1. The Morgan fingerprint density at radius 3 is 2.65 bits per heavy atom. The summed E-state index contributed by atoms with van der Waals surface area (Å²) in [6, 6.07) is 8.20. The smallest absolute Gasteiger partial charge is 0.191 e. The Hall–Kier alpha value is -1.35. The maximum Gasteiger partial charge on any atom is 0.191 e. The summed E-state index contributed by atoms with van der Waals surface area (Å²) in [5.74, 6) is 0.859. The Bertz CT molecular complexity index is 699. The predicted octanol–water partition coefficient (Wildman–Crippen LogP) is 3.23. The topological polar surface area (TPSA) is 67.1 Å². The van der Waals surface area contributed by atoms with Gasteiger partial charge in [0.1, 0.15) is 12.7 Å². The Labute approximate surface area is 176 Å². The van der Waals surface area contributed by atoms with Crippen LogP contribution >= 0.6 is 35.6 Å². The summed E-state index contributed by atoms with van der Waals surface area (Å²) in [6.07, 6.45) is 8.02. The van der Waals surface area contributed by atoms with Gasteiger partial charge < -0.3 is 15.2 Å². The van der Waals surface area contributed by atoms with Gasteiger partial charge in [-0.1, -0.05) is 23.7 Å². The molecule has 0 aliphatic heterocycles. The fraction of sp³-hybridized carbons (Fsp3) is 0.500. The quantitative estimate of drug-likeness (QED) is 0.259. The average molecular weight is 489 g/mol. The SMILES string of the molecule is CN=C(NCCCCn1cnnc1)NCC1(c2cccc(Cl)c2)CC1.I. The molecule has 2 aromatic rings. The van der Waals surface area contributed by atoms with Gasteiger partial charge >= 0.3 is 0 Å². The zero-order valence-corrected chi connectivity index (χ0v) is 18.1. The summed E-state index contributed by atoms with van der Waals surface area (Å²) >= 11 is 6.14. The molecule has 8 heteroatoms. The van der Waals surface area contributed by atoms with Crippen LogP contribution in [-0.2, 0) is 12.0 Å². The van der Waals surface area contributed by atoms with Gasteiger partial charge in [0, 0.05) is 37.1 Å². The molecule has 0 amide bonds. The number of nitrogens with zero attached hydrogens (tertiary/aromatic N) is 4. The van der Waals surface area contributed by atoms with Gasteiger partial charge in [0.2, 0.25) is 0 Å². The van der Waals surface area contributed by atoms with E-state index in [1.807, 2.05) is 23.7 Å². The lowest BCUT2D eigenvalue weighted by molar-refractivity contribution is 0.593. The van der Waals surface area contributed by atoms with E-state index < -0.39 is 0 Å². The summed E-state index contributed by atoms with van der Waals surface area (Å²) in [6.45, 7) is 2.72. The lowest BCUT2D eigenvalue weighted by Crippen LogP contribution is -2.41. The molecule has 1 aliphatic carbocycles. The number of nitrogens with one attached hydrogen (secondary N) is 2. The van der Waals surface area contributed by atoms with Crippen LogP contribution in [0.2, 0.25) is 5.02 Å². The summed E-state index contributed by atoms with van der Waals surface area (Å²) < 4.78 is 1.99. The highest BCUT2D eigenvalue weighted by molar-refractivity contribution is 14.0. The number of benzene rings is 1. The first-order valence-electron chi connectivity index (χ1n) is 8.75. The molecule has 6 nitrogen and oxygen atoms in total. The molecule has 0 atom stereocenters. The largest absolute Gasteiger partial charge is 0.356 e.